The standard InChI is InChI=1S/2C10H18O4.C6H10O4/c2*1-3-13-9(11)7-5-6-8-10(12)14-4-2;7-5(8)3-1-2-4-6(9)10/h2*3-8H2,1-2H3;1-4H2,(H,7,8)(H,9,10). The van der Waals surface area contributed by atoms with Gasteiger partial charge in [0.2, 0.25) is 0 Å². The maximum atomic E-state index is 10.9. The summed E-state index contributed by atoms with van der Waals surface area (Å²) < 4.78 is 19.0. The summed E-state index contributed by atoms with van der Waals surface area (Å²) in [5, 5.41) is 16.3. The van der Waals surface area contributed by atoms with Crippen molar-refractivity contribution in [3.8, 4) is 0 Å². The molecule has 0 fully saturated rings. The van der Waals surface area contributed by atoms with E-state index in [0.717, 1.165) is 0 Å². The van der Waals surface area contributed by atoms with Crippen molar-refractivity contribution in [3.63, 3.8) is 0 Å². The number of aliphatic carboxylic acids is 2. The van der Waals surface area contributed by atoms with Crippen molar-refractivity contribution < 1.29 is 57.9 Å². The van der Waals surface area contributed by atoms with E-state index < -0.39 is 11.9 Å². The van der Waals surface area contributed by atoms with Gasteiger partial charge in [0.05, 0.1) is 26.4 Å². The number of carboxylic acid groups (broad SMARTS) is 2. The van der Waals surface area contributed by atoms with Crippen LogP contribution in [0.25, 0.3) is 0 Å². The maximum absolute atomic E-state index is 10.9. The molecule has 0 amide bonds. The Kier molecular flexibility index (Phi) is 31.1. The van der Waals surface area contributed by atoms with Gasteiger partial charge in [-0.15, -0.1) is 0 Å². The molecule has 0 rings (SSSR count). The third-order valence-electron chi connectivity index (χ3n) is 4.28. The molecule has 0 saturated heterocycles. The smallest absolute Gasteiger partial charge is 0.305 e. The molecule has 0 spiro atoms. The second kappa shape index (κ2) is 30.0. The van der Waals surface area contributed by atoms with Crippen LogP contribution in [0.15, 0.2) is 0 Å². The first-order valence-corrected chi connectivity index (χ1v) is 13.1. The molecule has 0 aromatic rings. The number of esters is 4. The van der Waals surface area contributed by atoms with E-state index in [1.165, 1.54) is 0 Å². The molecule has 0 radical (unpaired) electrons. The first-order valence-electron chi connectivity index (χ1n) is 13.1. The average Bonchev–Trinajstić information content (AvgIpc) is 2.84. The number of rotatable bonds is 19. The summed E-state index contributed by atoms with van der Waals surface area (Å²) in [7, 11) is 0. The molecule has 0 heterocycles. The van der Waals surface area contributed by atoms with Gasteiger partial charge < -0.3 is 29.2 Å². The average molecular weight is 551 g/mol. The van der Waals surface area contributed by atoms with Crippen molar-refractivity contribution in [2.75, 3.05) is 26.4 Å². The molecule has 0 bridgehead atoms. The predicted molar refractivity (Wildman–Crippen MR) is 137 cm³/mol. The van der Waals surface area contributed by atoms with Gasteiger partial charge >= 0.3 is 35.8 Å². The van der Waals surface area contributed by atoms with Crippen LogP contribution in [0.4, 0.5) is 0 Å². The number of unbranched alkanes of at least 4 members (excludes halogenated alkanes) is 3. The number of ether oxygens (including phenoxy) is 4. The van der Waals surface area contributed by atoms with Crippen molar-refractivity contribution in [2.24, 2.45) is 0 Å². The molecule has 0 aromatic heterocycles. The highest BCUT2D eigenvalue weighted by molar-refractivity contribution is 5.71. The molecule has 38 heavy (non-hydrogen) atoms. The van der Waals surface area contributed by atoms with Crippen LogP contribution in [0, 0.1) is 0 Å². The van der Waals surface area contributed by atoms with E-state index in [0.29, 0.717) is 90.6 Å². The summed E-state index contributed by atoms with van der Waals surface area (Å²) in [5.74, 6) is -2.53. The van der Waals surface area contributed by atoms with Crippen LogP contribution in [0.1, 0.15) is 105 Å². The predicted octanol–water partition coefficient (Wildman–Crippen LogP) is 4.06. The molecule has 2 N–H and O–H groups in total. The summed E-state index contributed by atoms with van der Waals surface area (Å²) in [6.45, 7) is 8.75. The molecule has 12 heteroatoms. The van der Waals surface area contributed by atoms with Gasteiger partial charge in [-0.25, -0.2) is 0 Å². The van der Waals surface area contributed by atoms with Crippen LogP contribution in [0.2, 0.25) is 0 Å². The number of hydrogen-bond donors (Lipinski definition) is 2. The van der Waals surface area contributed by atoms with Gasteiger partial charge in [-0.3, -0.25) is 28.8 Å². The second-order valence-electron chi connectivity index (χ2n) is 7.63. The molecule has 0 aliphatic carbocycles. The Morgan fingerprint density at radius 3 is 0.737 bits per heavy atom. The summed E-state index contributed by atoms with van der Waals surface area (Å²) in [6, 6.07) is 0. The molecule has 0 aliphatic rings. The summed E-state index contributed by atoms with van der Waals surface area (Å²) in [6.07, 6.45) is 5.26. The molecule has 12 nitrogen and oxygen atoms in total. The quantitative estimate of drug-likeness (QED) is 0.134. The lowest BCUT2D eigenvalue weighted by Gasteiger charge is -2.02. The van der Waals surface area contributed by atoms with Gasteiger partial charge in [-0.1, -0.05) is 0 Å². The number of hydrogen-bond acceptors (Lipinski definition) is 10. The zero-order chi connectivity index (χ0) is 29.6. The minimum Gasteiger partial charge on any atom is -0.481 e. The Balaban J connectivity index is -0.000000492. The van der Waals surface area contributed by atoms with Crippen LogP contribution in [0.3, 0.4) is 0 Å². The van der Waals surface area contributed by atoms with E-state index in [-0.39, 0.29) is 36.7 Å². The monoisotopic (exact) mass is 550 g/mol. The fraction of sp³-hybridized carbons (Fsp3) is 0.769. The van der Waals surface area contributed by atoms with Crippen molar-refractivity contribution in [2.45, 2.75) is 105 Å². The SMILES string of the molecule is CCOC(=O)CCCCC(=O)OCC.CCOC(=O)CCCCC(=O)OCC.O=C(O)CCCCC(=O)O. The van der Waals surface area contributed by atoms with Gasteiger partial charge in [0.25, 0.3) is 0 Å². The fourth-order valence-corrected chi connectivity index (χ4v) is 2.56. The van der Waals surface area contributed by atoms with E-state index >= 15 is 0 Å². The fourth-order valence-electron chi connectivity index (χ4n) is 2.56. The number of carbonyl (C=O) groups excluding carboxylic acids is 4. The lowest BCUT2D eigenvalue weighted by Crippen LogP contribution is -2.06. The van der Waals surface area contributed by atoms with Gasteiger partial charge in [-0.2, -0.15) is 0 Å². The highest BCUT2D eigenvalue weighted by atomic mass is 16.5. The largest absolute Gasteiger partial charge is 0.481 e. The topological polar surface area (TPSA) is 180 Å². The van der Waals surface area contributed by atoms with Crippen molar-refractivity contribution in [1.82, 2.24) is 0 Å². The minimum absolute atomic E-state index is 0.0628. The van der Waals surface area contributed by atoms with Crippen LogP contribution in [0.5, 0.6) is 0 Å². The molecule has 0 aromatic carbocycles. The van der Waals surface area contributed by atoms with Crippen molar-refractivity contribution >= 4 is 35.8 Å². The minimum atomic E-state index is -0.870. The van der Waals surface area contributed by atoms with Crippen LogP contribution < -0.4 is 0 Å². The highest BCUT2D eigenvalue weighted by Crippen LogP contribution is 2.03. The van der Waals surface area contributed by atoms with Crippen LogP contribution >= 0.6 is 0 Å². The number of carbonyl (C=O) groups is 6. The van der Waals surface area contributed by atoms with Crippen molar-refractivity contribution in [1.29, 1.82) is 0 Å². The second-order valence-corrected chi connectivity index (χ2v) is 7.63. The summed E-state index contributed by atoms with van der Waals surface area (Å²) >= 11 is 0. The zero-order valence-corrected chi connectivity index (χ0v) is 23.3. The first-order chi connectivity index (χ1) is 18.0. The Morgan fingerprint density at radius 1 is 0.395 bits per heavy atom. The lowest BCUT2D eigenvalue weighted by atomic mass is 10.2. The number of carboxylic acids is 2. The van der Waals surface area contributed by atoms with Crippen LogP contribution in [-0.4, -0.2) is 72.5 Å². The molecular weight excluding hydrogens is 504 g/mol. The van der Waals surface area contributed by atoms with Crippen LogP contribution in [-0.2, 0) is 47.7 Å². The van der Waals surface area contributed by atoms with Crippen molar-refractivity contribution in [3.05, 3.63) is 0 Å². The Bertz CT molecular complexity index is 565. The van der Waals surface area contributed by atoms with Gasteiger partial charge in [0, 0.05) is 38.5 Å². The molecular formula is C26H46O12. The van der Waals surface area contributed by atoms with Gasteiger partial charge in [0.1, 0.15) is 0 Å². The Morgan fingerprint density at radius 2 is 0.579 bits per heavy atom. The third kappa shape index (κ3) is 37.4. The van der Waals surface area contributed by atoms with E-state index in [4.69, 9.17) is 29.2 Å². The van der Waals surface area contributed by atoms with E-state index in [1.54, 1.807) is 27.7 Å². The molecule has 0 aliphatic heterocycles. The van der Waals surface area contributed by atoms with Gasteiger partial charge in [0.15, 0.2) is 0 Å². The van der Waals surface area contributed by atoms with Gasteiger partial charge in [-0.05, 0) is 66.2 Å². The van der Waals surface area contributed by atoms with E-state index in [2.05, 4.69) is 0 Å². The summed E-state index contributed by atoms with van der Waals surface area (Å²) in [4.78, 5) is 63.3. The third-order valence-corrected chi connectivity index (χ3v) is 4.28. The molecule has 222 valence electrons. The van der Waals surface area contributed by atoms with E-state index in [9.17, 15) is 28.8 Å². The Hall–Kier alpha value is -3.18. The van der Waals surface area contributed by atoms with E-state index in [1.807, 2.05) is 0 Å². The molecule has 0 saturated carbocycles. The molecule has 0 atom stereocenters. The summed E-state index contributed by atoms with van der Waals surface area (Å²) in [5.41, 5.74) is 0. The molecule has 0 unspecified atom stereocenters. The maximum Gasteiger partial charge on any atom is 0.305 e. The lowest BCUT2D eigenvalue weighted by molar-refractivity contribution is -0.145. The highest BCUT2D eigenvalue weighted by Gasteiger charge is 2.05. The zero-order valence-electron chi connectivity index (χ0n) is 23.3. The first kappa shape index (κ1) is 39.3. The normalized spacial score (nSPS) is 9.47. The Labute approximate surface area is 225 Å².